The highest BCUT2D eigenvalue weighted by molar-refractivity contribution is 5.74. The monoisotopic (exact) mass is 250 g/mol. The van der Waals surface area contributed by atoms with E-state index in [0.29, 0.717) is 18.5 Å². The molecular formula is C12H14N2O4. The molecule has 2 rings (SSSR count). The molecule has 0 amide bonds. The van der Waals surface area contributed by atoms with Gasteiger partial charge in [0, 0.05) is 12.1 Å². The van der Waals surface area contributed by atoms with Crippen molar-refractivity contribution in [1.82, 2.24) is 0 Å². The van der Waals surface area contributed by atoms with Crippen LogP contribution in [0.15, 0.2) is 24.3 Å². The third-order valence-electron chi connectivity index (χ3n) is 3.13. The Bertz CT molecular complexity index is 469. The number of hydrogen-bond donors (Lipinski definition) is 1. The van der Waals surface area contributed by atoms with Crippen LogP contribution < -0.4 is 5.32 Å². The molecule has 1 aliphatic rings. The maximum Gasteiger partial charge on any atom is 0.308 e. The van der Waals surface area contributed by atoms with Crippen molar-refractivity contribution in [2.45, 2.75) is 18.9 Å². The van der Waals surface area contributed by atoms with Crippen molar-refractivity contribution in [3.05, 3.63) is 34.4 Å². The van der Waals surface area contributed by atoms with Crippen LogP contribution in [0.2, 0.25) is 0 Å². The minimum atomic E-state index is -0.418. The lowest BCUT2D eigenvalue weighted by atomic mass is 9.80. The van der Waals surface area contributed by atoms with Gasteiger partial charge in [0.2, 0.25) is 0 Å². The summed E-state index contributed by atoms with van der Waals surface area (Å²) >= 11 is 0. The lowest BCUT2D eigenvalue weighted by Crippen LogP contribution is -2.40. The summed E-state index contributed by atoms with van der Waals surface area (Å²) in [5.74, 6) is -0.300. The van der Waals surface area contributed by atoms with Crippen molar-refractivity contribution in [1.29, 1.82) is 0 Å². The number of nitrogens with one attached hydrogen (secondary N) is 1. The summed E-state index contributed by atoms with van der Waals surface area (Å²) < 4.78 is 4.64. The van der Waals surface area contributed by atoms with Crippen LogP contribution in [-0.2, 0) is 9.53 Å². The van der Waals surface area contributed by atoms with Gasteiger partial charge in [0.1, 0.15) is 5.69 Å². The van der Waals surface area contributed by atoms with E-state index in [1.165, 1.54) is 13.2 Å². The molecule has 0 spiro atoms. The summed E-state index contributed by atoms with van der Waals surface area (Å²) in [5, 5.41) is 13.9. The second kappa shape index (κ2) is 5.03. The number of para-hydroxylation sites is 2. The highest BCUT2D eigenvalue weighted by atomic mass is 16.6. The summed E-state index contributed by atoms with van der Waals surface area (Å²) in [4.78, 5) is 21.6. The van der Waals surface area contributed by atoms with Crippen LogP contribution in [0.3, 0.4) is 0 Å². The van der Waals surface area contributed by atoms with Gasteiger partial charge in [0.25, 0.3) is 5.69 Å². The van der Waals surface area contributed by atoms with Crippen molar-refractivity contribution >= 4 is 17.3 Å². The van der Waals surface area contributed by atoms with Crippen LogP contribution in [0.1, 0.15) is 12.8 Å². The lowest BCUT2D eigenvalue weighted by Gasteiger charge is -2.34. The van der Waals surface area contributed by atoms with Gasteiger partial charge in [-0.05, 0) is 18.9 Å². The average molecular weight is 250 g/mol. The number of nitro groups is 1. The van der Waals surface area contributed by atoms with Gasteiger partial charge < -0.3 is 10.1 Å². The fourth-order valence-electron chi connectivity index (χ4n) is 2.07. The van der Waals surface area contributed by atoms with E-state index in [1.54, 1.807) is 18.2 Å². The normalized spacial score (nSPS) is 21.8. The number of carbonyl (C=O) groups is 1. The van der Waals surface area contributed by atoms with Crippen LogP contribution in [0.5, 0.6) is 0 Å². The SMILES string of the molecule is COC(=O)[C@H]1C[C@@H](Nc2ccccc2[N+](=O)[O-])C1. The maximum absolute atomic E-state index is 11.2. The first-order valence-corrected chi connectivity index (χ1v) is 5.69. The quantitative estimate of drug-likeness (QED) is 0.502. The van der Waals surface area contributed by atoms with Crippen molar-refractivity contribution < 1.29 is 14.5 Å². The number of anilines is 1. The van der Waals surface area contributed by atoms with Crippen molar-refractivity contribution in [3.63, 3.8) is 0 Å². The molecule has 0 unspecified atom stereocenters. The minimum Gasteiger partial charge on any atom is -0.469 e. The molecule has 1 aliphatic carbocycles. The van der Waals surface area contributed by atoms with Crippen LogP contribution in [0.4, 0.5) is 11.4 Å². The highest BCUT2D eigenvalue weighted by Crippen LogP contribution is 2.33. The third-order valence-corrected chi connectivity index (χ3v) is 3.13. The highest BCUT2D eigenvalue weighted by Gasteiger charge is 2.35. The number of hydrogen-bond acceptors (Lipinski definition) is 5. The fourth-order valence-corrected chi connectivity index (χ4v) is 2.07. The van der Waals surface area contributed by atoms with Gasteiger partial charge in [0.05, 0.1) is 18.0 Å². The van der Waals surface area contributed by atoms with Gasteiger partial charge in [-0.1, -0.05) is 12.1 Å². The second-order valence-electron chi connectivity index (χ2n) is 4.31. The maximum atomic E-state index is 11.2. The number of carbonyl (C=O) groups excluding carboxylic acids is 1. The smallest absolute Gasteiger partial charge is 0.308 e. The Kier molecular flexibility index (Phi) is 3.45. The Labute approximate surface area is 104 Å². The number of benzene rings is 1. The molecule has 0 aliphatic heterocycles. The van der Waals surface area contributed by atoms with E-state index in [9.17, 15) is 14.9 Å². The molecule has 6 heteroatoms. The molecule has 0 saturated heterocycles. The molecule has 0 atom stereocenters. The first kappa shape index (κ1) is 12.3. The number of ether oxygens (including phenoxy) is 1. The van der Waals surface area contributed by atoms with Crippen LogP contribution in [0, 0.1) is 16.0 Å². The molecule has 96 valence electrons. The number of nitro benzene ring substituents is 1. The Balaban J connectivity index is 1.96. The Morgan fingerprint density at radius 1 is 1.44 bits per heavy atom. The average Bonchev–Trinajstić information content (AvgIpc) is 2.32. The van der Waals surface area contributed by atoms with Gasteiger partial charge >= 0.3 is 5.97 Å². The molecule has 1 fully saturated rings. The first-order chi connectivity index (χ1) is 8.61. The standard InChI is InChI=1S/C12H14N2O4/c1-18-12(15)8-6-9(7-8)13-10-4-2-3-5-11(10)14(16)17/h2-5,8-9,13H,6-7H2,1H3/t8-,9+. The summed E-state index contributed by atoms with van der Waals surface area (Å²) in [5.41, 5.74) is 0.551. The molecule has 0 heterocycles. The van der Waals surface area contributed by atoms with Gasteiger partial charge in [-0.15, -0.1) is 0 Å². The van der Waals surface area contributed by atoms with Crippen LogP contribution >= 0.6 is 0 Å². The molecule has 1 saturated carbocycles. The van der Waals surface area contributed by atoms with Gasteiger partial charge in [0.15, 0.2) is 0 Å². The molecule has 1 aromatic rings. The Morgan fingerprint density at radius 3 is 2.72 bits per heavy atom. The van der Waals surface area contributed by atoms with Gasteiger partial charge in [-0.2, -0.15) is 0 Å². The predicted molar refractivity (Wildman–Crippen MR) is 65.2 cm³/mol. The Morgan fingerprint density at radius 2 is 2.11 bits per heavy atom. The third kappa shape index (κ3) is 2.42. The molecule has 0 radical (unpaired) electrons. The molecule has 1 aromatic carbocycles. The minimum absolute atomic E-state index is 0.0546. The van der Waals surface area contributed by atoms with Crippen LogP contribution in [0.25, 0.3) is 0 Å². The molecular weight excluding hydrogens is 236 g/mol. The van der Waals surface area contributed by atoms with Gasteiger partial charge in [-0.25, -0.2) is 0 Å². The number of esters is 1. The van der Waals surface area contributed by atoms with Crippen molar-refractivity contribution in [3.8, 4) is 0 Å². The summed E-state index contributed by atoms with van der Waals surface area (Å²) in [6.45, 7) is 0. The summed E-state index contributed by atoms with van der Waals surface area (Å²) in [7, 11) is 1.37. The number of rotatable bonds is 4. The van der Waals surface area contributed by atoms with E-state index in [0.717, 1.165) is 0 Å². The molecule has 1 N–H and O–H groups in total. The van der Waals surface area contributed by atoms with E-state index in [1.807, 2.05) is 0 Å². The van der Waals surface area contributed by atoms with E-state index < -0.39 is 4.92 Å². The van der Waals surface area contributed by atoms with Crippen molar-refractivity contribution in [2.24, 2.45) is 5.92 Å². The summed E-state index contributed by atoms with van der Waals surface area (Å²) in [6.07, 6.45) is 1.30. The number of nitrogens with zero attached hydrogens (tertiary/aromatic N) is 1. The molecule has 0 bridgehead atoms. The lowest BCUT2D eigenvalue weighted by molar-refractivity contribution is -0.384. The molecule has 0 aromatic heterocycles. The summed E-state index contributed by atoms with van der Waals surface area (Å²) in [6, 6.07) is 6.59. The van der Waals surface area contributed by atoms with E-state index in [2.05, 4.69) is 10.1 Å². The fraction of sp³-hybridized carbons (Fsp3) is 0.417. The first-order valence-electron chi connectivity index (χ1n) is 5.69. The van der Waals surface area contributed by atoms with Crippen molar-refractivity contribution in [2.75, 3.05) is 12.4 Å². The molecule has 6 nitrogen and oxygen atoms in total. The number of methoxy groups -OCH3 is 1. The Hall–Kier alpha value is -2.11. The van der Waals surface area contributed by atoms with E-state index >= 15 is 0 Å². The van der Waals surface area contributed by atoms with Gasteiger partial charge in [-0.3, -0.25) is 14.9 Å². The van der Waals surface area contributed by atoms with E-state index in [4.69, 9.17) is 0 Å². The van der Waals surface area contributed by atoms with Crippen LogP contribution in [-0.4, -0.2) is 24.0 Å². The largest absolute Gasteiger partial charge is 0.469 e. The topological polar surface area (TPSA) is 81.5 Å². The zero-order chi connectivity index (χ0) is 13.1. The predicted octanol–water partition coefficient (Wildman–Crippen LogP) is 1.96. The molecule has 18 heavy (non-hydrogen) atoms. The zero-order valence-electron chi connectivity index (χ0n) is 9.96. The van der Waals surface area contributed by atoms with E-state index in [-0.39, 0.29) is 23.6 Å². The zero-order valence-corrected chi connectivity index (χ0v) is 9.96. The second-order valence-corrected chi connectivity index (χ2v) is 4.31.